The molecule has 0 spiro atoms. The summed E-state index contributed by atoms with van der Waals surface area (Å²) in [5, 5.41) is 46.0. The van der Waals surface area contributed by atoms with E-state index in [4.69, 9.17) is 5.73 Å². The van der Waals surface area contributed by atoms with E-state index < -0.39 is 52.0 Å². The molecule has 32 heavy (non-hydrogen) atoms. The topological polar surface area (TPSA) is 170 Å². The molecule has 0 heterocycles. The smallest absolute Gasteiger partial charge is 0.255 e. The normalized spacial score (nSPS) is 26.7. The van der Waals surface area contributed by atoms with Crippen molar-refractivity contribution in [1.29, 1.82) is 0 Å². The quantitative estimate of drug-likeness (QED) is 0.277. The highest BCUT2D eigenvalue weighted by Crippen LogP contribution is 2.52. The van der Waals surface area contributed by atoms with Gasteiger partial charge in [0.2, 0.25) is 5.78 Å². The number of rotatable bonds is 2. The van der Waals surface area contributed by atoms with Crippen molar-refractivity contribution in [2.24, 2.45) is 17.6 Å². The molecule has 0 aromatic heterocycles. The number of Topliss-reactive ketones (excluding diaryl/α,β-unsaturated/α-hetero) is 2. The largest absolute Gasteiger partial charge is 0.508 e. The number of primary amides is 1. The summed E-state index contributed by atoms with van der Waals surface area (Å²) in [5.41, 5.74) is 2.80. The number of aliphatic hydroxyl groups is 3. The molecule has 3 aliphatic carbocycles. The molecule has 0 aliphatic heterocycles. The number of aliphatic hydroxyl groups excluding tert-OH is 2. The van der Waals surface area contributed by atoms with E-state index in [1.807, 2.05) is 0 Å². The fourth-order valence-corrected chi connectivity index (χ4v) is 4.97. The third-order valence-corrected chi connectivity index (χ3v) is 6.44. The predicted molar refractivity (Wildman–Crippen MR) is 112 cm³/mol. The lowest BCUT2D eigenvalue weighted by molar-refractivity contribution is -0.147. The van der Waals surface area contributed by atoms with Gasteiger partial charge in [0, 0.05) is 23.5 Å². The molecular formula is C23H22N2O7. The van der Waals surface area contributed by atoms with E-state index in [-0.39, 0.29) is 36.1 Å². The number of carbonyl (C=O) groups excluding carboxylic acids is 3. The number of aromatic hydroxyl groups is 1. The molecule has 1 aromatic rings. The van der Waals surface area contributed by atoms with Crippen LogP contribution >= 0.6 is 0 Å². The predicted octanol–water partition coefficient (Wildman–Crippen LogP) is -0.00520. The Labute approximate surface area is 183 Å². The first-order valence-corrected chi connectivity index (χ1v) is 10.1. The van der Waals surface area contributed by atoms with Crippen molar-refractivity contribution in [3.05, 3.63) is 45.7 Å². The number of benzene rings is 1. The van der Waals surface area contributed by atoms with Crippen LogP contribution in [0.4, 0.5) is 0 Å². The van der Waals surface area contributed by atoms with Gasteiger partial charge in [0.25, 0.3) is 5.91 Å². The Morgan fingerprint density at radius 2 is 1.97 bits per heavy atom. The van der Waals surface area contributed by atoms with Gasteiger partial charge in [-0.1, -0.05) is 11.8 Å². The van der Waals surface area contributed by atoms with Crippen molar-refractivity contribution < 1.29 is 34.8 Å². The summed E-state index contributed by atoms with van der Waals surface area (Å²) in [7, 11) is 1.75. The van der Waals surface area contributed by atoms with Crippen molar-refractivity contribution in [3.63, 3.8) is 0 Å². The summed E-state index contributed by atoms with van der Waals surface area (Å²) in [6, 6.07) is 2.97. The maximum Gasteiger partial charge on any atom is 0.255 e. The number of ketones is 2. The third kappa shape index (κ3) is 2.92. The molecule has 9 heteroatoms. The van der Waals surface area contributed by atoms with Crippen LogP contribution in [0.25, 0.3) is 5.76 Å². The number of hydrogen-bond acceptors (Lipinski definition) is 8. The molecule has 1 aromatic carbocycles. The number of fused-ring (bicyclic) bond motifs is 3. The minimum atomic E-state index is -2.56. The van der Waals surface area contributed by atoms with Crippen molar-refractivity contribution in [3.8, 4) is 17.6 Å². The first kappa shape index (κ1) is 21.6. The number of nitrogens with one attached hydrogen (secondary N) is 1. The second-order valence-electron chi connectivity index (χ2n) is 8.22. The van der Waals surface area contributed by atoms with Crippen LogP contribution in [0.1, 0.15) is 29.5 Å². The second kappa shape index (κ2) is 7.51. The zero-order chi connectivity index (χ0) is 23.4. The highest BCUT2D eigenvalue weighted by Gasteiger charge is 2.60. The van der Waals surface area contributed by atoms with Gasteiger partial charge in [0.15, 0.2) is 11.4 Å². The third-order valence-electron chi connectivity index (χ3n) is 6.44. The molecule has 1 saturated carbocycles. The maximum atomic E-state index is 13.4. The van der Waals surface area contributed by atoms with Crippen LogP contribution in [0.3, 0.4) is 0 Å². The molecule has 166 valence electrons. The number of phenols is 1. The van der Waals surface area contributed by atoms with Gasteiger partial charge < -0.3 is 31.5 Å². The minimum Gasteiger partial charge on any atom is -0.508 e. The molecule has 9 nitrogen and oxygen atoms in total. The molecule has 0 radical (unpaired) electrons. The van der Waals surface area contributed by atoms with Crippen LogP contribution < -0.4 is 11.1 Å². The minimum absolute atomic E-state index is 0.0355. The van der Waals surface area contributed by atoms with E-state index in [1.165, 1.54) is 6.07 Å². The average molecular weight is 438 g/mol. The summed E-state index contributed by atoms with van der Waals surface area (Å²) >= 11 is 0. The Bertz CT molecular complexity index is 1200. The lowest BCUT2D eigenvalue weighted by atomic mass is 9.59. The van der Waals surface area contributed by atoms with E-state index >= 15 is 0 Å². The van der Waals surface area contributed by atoms with Gasteiger partial charge >= 0.3 is 0 Å². The van der Waals surface area contributed by atoms with Gasteiger partial charge in [-0.25, -0.2) is 0 Å². The number of amides is 1. The Morgan fingerprint density at radius 3 is 2.62 bits per heavy atom. The first-order chi connectivity index (χ1) is 15.1. The Morgan fingerprint density at radius 1 is 1.25 bits per heavy atom. The summed E-state index contributed by atoms with van der Waals surface area (Å²) in [4.78, 5) is 37.4. The molecule has 0 bridgehead atoms. The average Bonchev–Trinajstić information content (AvgIpc) is 2.72. The van der Waals surface area contributed by atoms with Crippen LogP contribution in [0.15, 0.2) is 29.0 Å². The van der Waals surface area contributed by atoms with Crippen molar-refractivity contribution in [2.75, 3.05) is 13.6 Å². The van der Waals surface area contributed by atoms with Crippen LogP contribution in [0.5, 0.6) is 5.75 Å². The second-order valence-corrected chi connectivity index (χ2v) is 8.22. The Hall–Kier alpha value is -3.61. The Kier molecular flexibility index (Phi) is 5.07. The van der Waals surface area contributed by atoms with Crippen molar-refractivity contribution in [2.45, 2.75) is 24.9 Å². The van der Waals surface area contributed by atoms with Crippen LogP contribution in [-0.2, 0) is 20.8 Å². The lowest BCUT2D eigenvalue weighted by Crippen LogP contribution is -2.58. The standard InChI is InChI=1S/C23H22N2O7/c1-25-6-2-3-10-4-5-14(26)17-13(10)8-11-7-12-9-15(27)18(22(24)31)21(30)23(12,32)20(29)16(11)19(17)28/h4-5,11-12,25-26,28,30,32H,6-9H2,1H3,(H2,24,31)/t11-,12+,23+/m1/s1. The van der Waals surface area contributed by atoms with Crippen molar-refractivity contribution >= 4 is 23.2 Å². The molecule has 0 saturated heterocycles. The van der Waals surface area contributed by atoms with Gasteiger partial charge in [-0.05, 0) is 43.5 Å². The summed E-state index contributed by atoms with van der Waals surface area (Å²) in [5.74, 6) is -0.558. The molecule has 3 atom stereocenters. The number of phenolic OH excluding ortho intramolecular Hbond substituents is 1. The molecule has 3 aliphatic rings. The van der Waals surface area contributed by atoms with Crippen LogP contribution in [0, 0.1) is 23.7 Å². The monoisotopic (exact) mass is 438 g/mol. The first-order valence-electron chi connectivity index (χ1n) is 10.1. The zero-order valence-electron chi connectivity index (χ0n) is 17.2. The molecular weight excluding hydrogens is 416 g/mol. The highest BCUT2D eigenvalue weighted by atomic mass is 16.3. The van der Waals surface area contributed by atoms with Gasteiger partial charge in [-0.2, -0.15) is 0 Å². The van der Waals surface area contributed by atoms with Gasteiger partial charge in [-0.3, -0.25) is 14.4 Å². The van der Waals surface area contributed by atoms with Crippen LogP contribution in [-0.4, -0.2) is 57.1 Å². The maximum absolute atomic E-state index is 13.4. The van der Waals surface area contributed by atoms with Gasteiger partial charge in [0.05, 0.1) is 12.1 Å². The lowest BCUT2D eigenvalue weighted by Gasteiger charge is -2.46. The fourth-order valence-electron chi connectivity index (χ4n) is 4.97. The van der Waals surface area contributed by atoms with E-state index in [1.54, 1.807) is 13.1 Å². The van der Waals surface area contributed by atoms with E-state index in [0.29, 0.717) is 17.7 Å². The summed E-state index contributed by atoms with van der Waals surface area (Å²) in [6.45, 7) is 0.426. The summed E-state index contributed by atoms with van der Waals surface area (Å²) in [6.07, 6.45) is -0.0366. The zero-order valence-corrected chi connectivity index (χ0v) is 17.2. The SMILES string of the molecule is CNCC#Cc1ccc(O)c2c1C[C@H]1C[C@H]3CC(=O)C(C(N)=O)=C(O)[C@@]3(O)C(=O)C1=C2O. The number of nitrogens with two attached hydrogens (primary N) is 1. The van der Waals surface area contributed by atoms with E-state index in [0.717, 1.165) is 0 Å². The summed E-state index contributed by atoms with van der Waals surface area (Å²) < 4.78 is 0. The van der Waals surface area contributed by atoms with E-state index in [9.17, 15) is 34.8 Å². The van der Waals surface area contributed by atoms with Gasteiger partial charge in [-0.15, -0.1) is 0 Å². The Balaban J connectivity index is 1.90. The fraction of sp³-hybridized carbons (Fsp3) is 0.348. The van der Waals surface area contributed by atoms with Gasteiger partial charge in [0.1, 0.15) is 22.8 Å². The molecule has 1 amide bonds. The molecule has 4 rings (SSSR count). The molecule has 7 N–H and O–H groups in total. The number of hydrogen-bond donors (Lipinski definition) is 6. The molecule has 0 unspecified atom stereocenters. The van der Waals surface area contributed by atoms with E-state index in [2.05, 4.69) is 17.2 Å². The van der Waals surface area contributed by atoms with Crippen LogP contribution in [0.2, 0.25) is 0 Å². The number of carbonyl (C=O) groups is 3. The molecule has 1 fully saturated rings. The highest BCUT2D eigenvalue weighted by molar-refractivity contribution is 6.22. The van der Waals surface area contributed by atoms with Crippen molar-refractivity contribution in [1.82, 2.24) is 5.32 Å².